The van der Waals surface area contributed by atoms with Crippen molar-refractivity contribution in [1.82, 2.24) is 30.1 Å². The minimum atomic E-state index is -0.406. The highest BCUT2D eigenvalue weighted by atomic mass is 32.1. The average Bonchev–Trinajstić information content (AvgIpc) is 3.47. The van der Waals surface area contributed by atoms with Crippen LogP contribution in [0, 0.1) is 0 Å². The number of pyridine rings is 1. The molecule has 0 unspecified atom stereocenters. The number of benzene rings is 1. The molecule has 4 rings (SSSR count). The third-order valence-corrected chi connectivity index (χ3v) is 5.97. The van der Waals surface area contributed by atoms with Crippen molar-refractivity contribution < 1.29 is 14.3 Å². The second kappa shape index (κ2) is 11.0. The predicted molar refractivity (Wildman–Crippen MR) is 127 cm³/mol. The summed E-state index contributed by atoms with van der Waals surface area (Å²) in [6.07, 6.45) is 0. The van der Waals surface area contributed by atoms with E-state index in [4.69, 9.17) is 9.47 Å². The number of tetrazole rings is 1. The summed E-state index contributed by atoms with van der Waals surface area (Å²) >= 11 is 1.63. The van der Waals surface area contributed by atoms with Crippen molar-refractivity contribution in [3.8, 4) is 5.75 Å². The lowest BCUT2D eigenvalue weighted by Crippen LogP contribution is -2.28. The van der Waals surface area contributed by atoms with Crippen LogP contribution in [0.4, 0.5) is 0 Å². The SMILES string of the molecule is CCOC(=O)Cn1nnnc1CN(Cc1cccs1)Cc1cc2cc(OCC)ccc2[nH]c1=O. The number of aromatic amines is 1. The van der Waals surface area contributed by atoms with Gasteiger partial charge >= 0.3 is 5.97 Å². The molecule has 0 aliphatic carbocycles. The lowest BCUT2D eigenvalue weighted by atomic mass is 10.1. The van der Waals surface area contributed by atoms with Crippen molar-refractivity contribution in [2.45, 2.75) is 40.0 Å². The number of rotatable bonds is 11. The lowest BCUT2D eigenvalue weighted by molar-refractivity contribution is -0.144. The van der Waals surface area contributed by atoms with Crippen LogP contribution in [-0.4, -0.2) is 49.3 Å². The van der Waals surface area contributed by atoms with Gasteiger partial charge in [0.25, 0.3) is 5.56 Å². The van der Waals surface area contributed by atoms with Crippen molar-refractivity contribution in [3.05, 3.63) is 68.4 Å². The Kier molecular flexibility index (Phi) is 7.65. The van der Waals surface area contributed by atoms with E-state index in [1.54, 1.807) is 18.3 Å². The highest BCUT2D eigenvalue weighted by Crippen LogP contribution is 2.21. The summed E-state index contributed by atoms with van der Waals surface area (Å²) in [7, 11) is 0. The molecule has 1 N–H and O–H groups in total. The Bertz CT molecular complexity index is 1300. The number of fused-ring (bicyclic) bond motifs is 1. The second-order valence-electron chi connectivity index (χ2n) is 7.59. The molecule has 0 spiro atoms. The fraction of sp³-hybridized carbons (Fsp3) is 0.348. The molecule has 34 heavy (non-hydrogen) atoms. The fourth-order valence-electron chi connectivity index (χ4n) is 3.62. The first-order chi connectivity index (χ1) is 16.6. The maximum Gasteiger partial charge on any atom is 0.327 e. The van der Waals surface area contributed by atoms with E-state index in [9.17, 15) is 9.59 Å². The number of nitrogens with zero attached hydrogens (tertiary/aromatic N) is 5. The molecule has 4 aromatic rings. The van der Waals surface area contributed by atoms with Crippen LogP contribution in [0.25, 0.3) is 10.9 Å². The van der Waals surface area contributed by atoms with Gasteiger partial charge in [0.05, 0.1) is 19.8 Å². The van der Waals surface area contributed by atoms with Crippen molar-refractivity contribution in [1.29, 1.82) is 0 Å². The van der Waals surface area contributed by atoms with Crippen LogP contribution in [-0.2, 0) is 35.7 Å². The molecule has 3 aromatic heterocycles. The summed E-state index contributed by atoms with van der Waals surface area (Å²) < 4.78 is 12.0. The molecule has 0 saturated carbocycles. The zero-order valence-electron chi connectivity index (χ0n) is 19.1. The summed E-state index contributed by atoms with van der Waals surface area (Å²) in [5.74, 6) is 0.860. The largest absolute Gasteiger partial charge is 0.494 e. The minimum absolute atomic E-state index is 0.0697. The topological polar surface area (TPSA) is 115 Å². The van der Waals surface area contributed by atoms with E-state index >= 15 is 0 Å². The molecule has 0 aliphatic rings. The monoisotopic (exact) mass is 482 g/mol. The van der Waals surface area contributed by atoms with Crippen LogP contribution in [0.2, 0.25) is 0 Å². The lowest BCUT2D eigenvalue weighted by Gasteiger charge is -2.21. The average molecular weight is 483 g/mol. The molecule has 10 nitrogen and oxygen atoms in total. The third-order valence-electron chi connectivity index (χ3n) is 5.11. The summed E-state index contributed by atoms with van der Waals surface area (Å²) in [6.45, 7) is 5.78. The van der Waals surface area contributed by atoms with E-state index in [0.29, 0.717) is 37.6 Å². The molecular formula is C23H26N6O4S. The number of ether oxygens (including phenoxy) is 2. The maximum atomic E-state index is 12.9. The zero-order valence-corrected chi connectivity index (χ0v) is 19.9. The summed E-state index contributed by atoms with van der Waals surface area (Å²) in [4.78, 5) is 31.0. The Labute approximate surface area is 200 Å². The number of hydrogen-bond acceptors (Lipinski definition) is 9. The van der Waals surface area contributed by atoms with Crippen molar-refractivity contribution in [3.63, 3.8) is 0 Å². The van der Waals surface area contributed by atoms with Gasteiger partial charge in [0.2, 0.25) is 0 Å². The number of nitrogens with one attached hydrogen (secondary N) is 1. The van der Waals surface area contributed by atoms with Gasteiger partial charge in [-0.25, -0.2) is 4.68 Å². The number of thiophene rings is 1. The van der Waals surface area contributed by atoms with Gasteiger partial charge in [-0.1, -0.05) is 6.07 Å². The number of carbonyl (C=O) groups excluding carboxylic acids is 1. The van der Waals surface area contributed by atoms with Gasteiger partial charge in [-0.15, -0.1) is 16.4 Å². The molecule has 1 aromatic carbocycles. The Morgan fingerprint density at radius 1 is 1.15 bits per heavy atom. The molecule has 0 amide bonds. The van der Waals surface area contributed by atoms with Crippen molar-refractivity contribution in [2.75, 3.05) is 13.2 Å². The molecule has 0 bridgehead atoms. The second-order valence-corrected chi connectivity index (χ2v) is 8.62. The fourth-order valence-corrected chi connectivity index (χ4v) is 4.37. The quantitative estimate of drug-likeness (QED) is 0.325. The Morgan fingerprint density at radius 3 is 2.79 bits per heavy atom. The zero-order chi connectivity index (χ0) is 23.9. The van der Waals surface area contributed by atoms with Crippen LogP contribution in [0.5, 0.6) is 5.75 Å². The third kappa shape index (κ3) is 5.86. The van der Waals surface area contributed by atoms with E-state index in [1.807, 2.05) is 48.7 Å². The van der Waals surface area contributed by atoms with Crippen molar-refractivity contribution in [2.24, 2.45) is 0 Å². The number of H-pyrrole nitrogens is 1. The highest BCUT2D eigenvalue weighted by Gasteiger charge is 2.18. The van der Waals surface area contributed by atoms with Crippen LogP contribution in [0.3, 0.4) is 0 Å². The van der Waals surface area contributed by atoms with Crippen LogP contribution in [0.15, 0.2) is 46.6 Å². The first kappa shape index (κ1) is 23.6. The summed E-state index contributed by atoms with van der Waals surface area (Å²) in [5.41, 5.74) is 1.21. The molecule has 0 fully saturated rings. The molecule has 0 atom stereocenters. The summed E-state index contributed by atoms with van der Waals surface area (Å²) in [6, 6.07) is 11.5. The maximum absolute atomic E-state index is 12.9. The van der Waals surface area contributed by atoms with Gasteiger partial charge < -0.3 is 14.5 Å². The molecule has 0 saturated heterocycles. The van der Waals surface area contributed by atoms with E-state index < -0.39 is 5.97 Å². The predicted octanol–water partition coefficient (Wildman–Crippen LogP) is 2.74. The Balaban J connectivity index is 1.60. The molecule has 11 heteroatoms. The van der Waals surface area contributed by atoms with Gasteiger partial charge in [-0.05, 0) is 60.0 Å². The number of carbonyl (C=O) groups is 1. The standard InChI is InChI=1S/C23H26N6O4S/c1-3-32-18-7-8-20-16(11-18)10-17(23(31)24-20)12-28(13-19-6-5-9-34-19)14-21-25-26-27-29(21)15-22(30)33-4-2/h5-11H,3-4,12-15H2,1-2H3,(H,24,31). The van der Waals surface area contributed by atoms with Crippen LogP contribution < -0.4 is 10.3 Å². The highest BCUT2D eigenvalue weighted by molar-refractivity contribution is 7.09. The van der Waals surface area contributed by atoms with Crippen LogP contribution in [0.1, 0.15) is 30.1 Å². The minimum Gasteiger partial charge on any atom is -0.494 e. The first-order valence-corrected chi connectivity index (χ1v) is 11.9. The molecule has 3 heterocycles. The number of hydrogen-bond donors (Lipinski definition) is 1. The van der Waals surface area contributed by atoms with Gasteiger partial charge in [-0.2, -0.15) is 0 Å². The van der Waals surface area contributed by atoms with Crippen LogP contribution >= 0.6 is 11.3 Å². The van der Waals surface area contributed by atoms with Crippen molar-refractivity contribution >= 4 is 28.2 Å². The smallest absolute Gasteiger partial charge is 0.327 e. The molecular weight excluding hydrogens is 456 g/mol. The molecule has 0 radical (unpaired) electrons. The van der Waals surface area contributed by atoms with E-state index in [1.165, 1.54) is 4.68 Å². The Hall–Kier alpha value is -3.57. The number of esters is 1. The van der Waals surface area contributed by atoms with Gasteiger partial charge in [0, 0.05) is 34.4 Å². The van der Waals surface area contributed by atoms with E-state index in [2.05, 4.69) is 25.4 Å². The Morgan fingerprint density at radius 2 is 2.03 bits per heavy atom. The number of aromatic nitrogens is 5. The summed E-state index contributed by atoms with van der Waals surface area (Å²) in [5, 5.41) is 14.7. The van der Waals surface area contributed by atoms with E-state index in [-0.39, 0.29) is 18.7 Å². The molecule has 178 valence electrons. The van der Waals surface area contributed by atoms with E-state index in [0.717, 1.165) is 21.5 Å². The van der Waals surface area contributed by atoms with Gasteiger partial charge in [0.15, 0.2) is 5.82 Å². The van der Waals surface area contributed by atoms with Gasteiger partial charge in [0.1, 0.15) is 12.3 Å². The van der Waals surface area contributed by atoms with Gasteiger partial charge in [-0.3, -0.25) is 14.5 Å². The molecule has 0 aliphatic heterocycles. The first-order valence-electron chi connectivity index (χ1n) is 11.0. The normalized spacial score (nSPS) is 11.3.